The summed E-state index contributed by atoms with van der Waals surface area (Å²) in [5.74, 6) is 0.810. The Hall–Kier alpha value is -1.49. The Labute approximate surface area is 160 Å². The Morgan fingerprint density at radius 1 is 1.15 bits per heavy atom. The summed E-state index contributed by atoms with van der Waals surface area (Å²) in [7, 11) is 0. The molecule has 1 N–H and O–H groups in total. The largest absolute Gasteiger partial charge is 0.455 e. The van der Waals surface area contributed by atoms with Crippen LogP contribution in [-0.2, 0) is 27.2 Å². The first kappa shape index (κ1) is 19.3. The van der Waals surface area contributed by atoms with Crippen molar-refractivity contribution in [1.29, 1.82) is 0 Å². The number of thioether (sulfide) groups is 1. The highest BCUT2D eigenvalue weighted by atomic mass is 32.2. The van der Waals surface area contributed by atoms with Gasteiger partial charge in [0.05, 0.1) is 5.75 Å². The van der Waals surface area contributed by atoms with Gasteiger partial charge in [-0.15, -0.1) is 11.8 Å². The smallest absolute Gasteiger partial charge is 0.316 e. The third-order valence-electron chi connectivity index (χ3n) is 5.84. The van der Waals surface area contributed by atoms with E-state index in [0.717, 1.165) is 30.6 Å². The summed E-state index contributed by atoms with van der Waals surface area (Å²) in [6.07, 6.45) is 6.90. The van der Waals surface area contributed by atoms with Crippen molar-refractivity contribution in [3.05, 3.63) is 29.3 Å². The number of fused-ring (bicyclic) bond motifs is 1. The number of amides is 1. The van der Waals surface area contributed by atoms with Crippen molar-refractivity contribution in [1.82, 2.24) is 5.32 Å². The lowest BCUT2D eigenvalue weighted by Crippen LogP contribution is -2.45. The van der Waals surface area contributed by atoms with E-state index in [-0.39, 0.29) is 30.3 Å². The van der Waals surface area contributed by atoms with Gasteiger partial charge in [0, 0.05) is 10.9 Å². The van der Waals surface area contributed by atoms with Crippen LogP contribution < -0.4 is 5.32 Å². The maximum absolute atomic E-state index is 12.1. The van der Waals surface area contributed by atoms with Gasteiger partial charge in [-0.3, -0.25) is 9.59 Å². The number of carbonyl (C=O) groups excluding carboxylic acids is 2. The maximum atomic E-state index is 12.1. The lowest BCUT2D eigenvalue weighted by Gasteiger charge is -2.34. The molecule has 5 heteroatoms. The third-order valence-corrected chi connectivity index (χ3v) is 6.81. The van der Waals surface area contributed by atoms with Gasteiger partial charge < -0.3 is 10.1 Å². The molecule has 2 aliphatic carbocycles. The second-order valence-corrected chi connectivity index (χ2v) is 8.72. The summed E-state index contributed by atoms with van der Waals surface area (Å²) in [5, 5.41) is 3.03. The highest BCUT2D eigenvalue weighted by molar-refractivity contribution is 8.00. The standard InChI is InChI=1S/C21H29NO3S/c1-14-5-3-8-19(15(14)2)22-20(23)12-25-21(24)13-26-18-10-9-16-6-4-7-17(16)11-18/h9-11,14-15,19H,3-8,12-13H2,1-2H3,(H,22,23)/t14-,15+,19+/m0/s1. The second-order valence-electron chi connectivity index (χ2n) is 7.67. The highest BCUT2D eigenvalue weighted by Crippen LogP contribution is 2.29. The number of benzene rings is 1. The Kier molecular flexibility index (Phi) is 6.63. The number of hydrogen-bond acceptors (Lipinski definition) is 4. The molecule has 0 unspecified atom stereocenters. The van der Waals surface area contributed by atoms with Crippen LogP contribution in [0.1, 0.15) is 50.7 Å². The Bertz CT molecular complexity index is 661. The van der Waals surface area contributed by atoms with Gasteiger partial charge in [-0.1, -0.05) is 32.8 Å². The molecule has 26 heavy (non-hydrogen) atoms. The summed E-state index contributed by atoms with van der Waals surface area (Å²) >= 11 is 1.48. The van der Waals surface area contributed by atoms with E-state index < -0.39 is 0 Å². The number of nitrogens with one attached hydrogen (secondary N) is 1. The van der Waals surface area contributed by atoms with E-state index in [1.807, 2.05) is 0 Å². The zero-order valence-electron chi connectivity index (χ0n) is 15.8. The maximum Gasteiger partial charge on any atom is 0.316 e. The quantitative estimate of drug-likeness (QED) is 0.608. The van der Waals surface area contributed by atoms with Crippen LogP contribution in [0.15, 0.2) is 23.1 Å². The molecule has 0 spiro atoms. The Morgan fingerprint density at radius 2 is 1.96 bits per heavy atom. The van der Waals surface area contributed by atoms with Crippen LogP contribution in [-0.4, -0.2) is 30.3 Å². The molecule has 1 aromatic rings. The van der Waals surface area contributed by atoms with E-state index in [4.69, 9.17) is 4.74 Å². The fourth-order valence-corrected chi connectivity index (χ4v) is 4.76. The SMILES string of the molecule is C[C@@H]1[C@@H](C)CCC[C@H]1NC(=O)COC(=O)CSc1ccc2c(c1)CCC2. The zero-order valence-corrected chi connectivity index (χ0v) is 16.6. The summed E-state index contributed by atoms with van der Waals surface area (Å²) in [4.78, 5) is 25.1. The minimum Gasteiger partial charge on any atom is -0.455 e. The number of carbonyl (C=O) groups is 2. The molecule has 3 atom stereocenters. The molecular formula is C21H29NO3S. The van der Waals surface area contributed by atoms with E-state index in [1.54, 1.807) is 0 Å². The van der Waals surface area contributed by atoms with Gasteiger partial charge in [-0.05, 0) is 60.8 Å². The molecule has 4 nitrogen and oxygen atoms in total. The van der Waals surface area contributed by atoms with Crippen molar-refractivity contribution in [2.24, 2.45) is 11.8 Å². The topological polar surface area (TPSA) is 55.4 Å². The van der Waals surface area contributed by atoms with E-state index >= 15 is 0 Å². The monoisotopic (exact) mass is 375 g/mol. The molecule has 1 saturated carbocycles. The van der Waals surface area contributed by atoms with E-state index in [2.05, 4.69) is 37.4 Å². The van der Waals surface area contributed by atoms with Crippen LogP contribution in [0.3, 0.4) is 0 Å². The van der Waals surface area contributed by atoms with Crippen LogP contribution in [0.2, 0.25) is 0 Å². The molecule has 0 bridgehead atoms. The molecule has 0 saturated heterocycles. The molecule has 142 valence electrons. The van der Waals surface area contributed by atoms with Crippen molar-refractivity contribution in [3.63, 3.8) is 0 Å². The first-order chi connectivity index (χ1) is 12.5. The second kappa shape index (κ2) is 8.94. The zero-order chi connectivity index (χ0) is 18.5. The number of aryl methyl sites for hydroxylation is 2. The molecule has 0 aliphatic heterocycles. The van der Waals surface area contributed by atoms with Gasteiger partial charge in [0.25, 0.3) is 5.91 Å². The van der Waals surface area contributed by atoms with E-state index in [0.29, 0.717) is 11.8 Å². The van der Waals surface area contributed by atoms with Crippen molar-refractivity contribution < 1.29 is 14.3 Å². The number of hydrogen-bond donors (Lipinski definition) is 1. The Morgan fingerprint density at radius 3 is 2.81 bits per heavy atom. The fraction of sp³-hybridized carbons (Fsp3) is 0.619. The van der Waals surface area contributed by atoms with Gasteiger partial charge in [0.1, 0.15) is 0 Å². The van der Waals surface area contributed by atoms with Crippen molar-refractivity contribution in [2.75, 3.05) is 12.4 Å². The average molecular weight is 376 g/mol. The number of rotatable bonds is 6. The minimum atomic E-state index is -0.337. The summed E-state index contributed by atoms with van der Waals surface area (Å²) in [6, 6.07) is 6.61. The first-order valence-electron chi connectivity index (χ1n) is 9.72. The molecule has 3 rings (SSSR count). The van der Waals surface area contributed by atoms with Crippen LogP contribution >= 0.6 is 11.8 Å². The lowest BCUT2D eigenvalue weighted by molar-refractivity contribution is -0.146. The van der Waals surface area contributed by atoms with Crippen molar-refractivity contribution in [3.8, 4) is 0 Å². The van der Waals surface area contributed by atoms with Gasteiger partial charge in [0.15, 0.2) is 6.61 Å². The van der Waals surface area contributed by atoms with Gasteiger partial charge >= 0.3 is 5.97 Å². The van der Waals surface area contributed by atoms with Crippen molar-refractivity contribution in [2.45, 2.75) is 63.3 Å². The van der Waals surface area contributed by atoms with Gasteiger partial charge in [-0.25, -0.2) is 0 Å². The highest BCUT2D eigenvalue weighted by Gasteiger charge is 2.28. The van der Waals surface area contributed by atoms with Gasteiger partial charge in [-0.2, -0.15) is 0 Å². The van der Waals surface area contributed by atoms with Crippen molar-refractivity contribution >= 4 is 23.6 Å². The number of esters is 1. The predicted octanol–water partition coefficient (Wildman–Crippen LogP) is 3.75. The number of ether oxygens (including phenoxy) is 1. The average Bonchev–Trinajstić information content (AvgIpc) is 3.10. The molecule has 2 aliphatic rings. The van der Waals surface area contributed by atoms with Crippen LogP contribution in [0, 0.1) is 11.8 Å². The molecule has 0 aromatic heterocycles. The molecule has 1 aromatic carbocycles. The summed E-state index contributed by atoms with van der Waals surface area (Å²) in [5.41, 5.74) is 2.83. The molecule has 1 fully saturated rings. The summed E-state index contributed by atoms with van der Waals surface area (Å²) in [6.45, 7) is 4.24. The van der Waals surface area contributed by atoms with E-state index in [1.165, 1.54) is 35.7 Å². The van der Waals surface area contributed by atoms with Crippen LogP contribution in [0.4, 0.5) is 0 Å². The Balaban J connectivity index is 1.37. The fourth-order valence-electron chi connectivity index (χ4n) is 4.00. The molecule has 0 heterocycles. The molecule has 1 amide bonds. The summed E-state index contributed by atoms with van der Waals surface area (Å²) < 4.78 is 5.15. The van der Waals surface area contributed by atoms with Gasteiger partial charge in [0.2, 0.25) is 0 Å². The first-order valence-corrected chi connectivity index (χ1v) is 10.7. The normalized spacial score (nSPS) is 24.8. The van der Waals surface area contributed by atoms with Crippen LogP contribution in [0.5, 0.6) is 0 Å². The molecule has 0 radical (unpaired) electrons. The minimum absolute atomic E-state index is 0.179. The third kappa shape index (κ3) is 5.03. The predicted molar refractivity (Wildman–Crippen MR) is 104 cm³/mol. The lowest BCUT2D eigenvalue weighted by atomic mass is 9.78. The van der Waals surface area contributed by atoms with E-state index in [9.17, 15) is 9.59 Å². The molecular weight excluding hydrogens is 346 g/mol. The van der Waals surface area contributed by atoms with Crippen LogP contribution in [0.25, 0.3) is 0 Å².